The maximum absolute atomic E-state index is 4.09. The molecule has 0 saturated carbocycles. The SMILES string of the molecule is SCNc1ccc(-n2ccnc2)cc1. The van der Waals surface area contributed by atoms with Crippen molar-refractivity contribution >= 4 is 18.3 Å². The fourth-order valence-electron chi connectivity index (χ4n) is 1.25. The molecule has 0 aliphatic rings. The smallest absolute Gasteiger partial charge is 0.0991 e. The maximum Gasteiger partial charge on any atom is 0.0991 e. The fraction of sp³-hybridized carbons (Fsp3) is 0.100. The van der Waals surface area contributed by atoms with Gasteiger partial charge >= 0.3 is 0 Å². The van der Waals surface area contributed by atoms with Crippen LogP contribution in [0.25, 0.3) is 5.69 Å². The van der Waals surface area contributed by atoms with E-state index in [1.807, 2.05) is 35.0 Å². The number of aromatic nitrogens is 2. The molecule has 0 radical (unpaired) electrons. The molecule has 14 heavy (non-hydrogen) atoms. The van der Waals surface area contributed by atoms with Crippen LogP contribution in [0.2, 0.25) is 0 Å². The van der Waals surface area contributed by atoms with Gasteiger partial charge in [0, 0.05) is 23.8 Å². The zero-order valence-electron chi connectivity index (χ0n) is 7.59. The van der Waals surface area contributed by atoms with Crippen molar-refractivity contribution in [2.75, 3.05) is 11.2 Å². The first-order valence-electron chi connectivity index (χ1n) is 4.33. The average molecular weight is 205 g/mol. The third kappa shape index (κ3) is 1.90. The molecule has 0 aliphatic carbocycles. The Morgan fingerprint density at radius 1 is 1.29 bits per heavy atom. The van der Waals surface area contributed by atoms with Gasteiger partial charge in [0.25, 0.3) is 0 Å². The van der Waals surface area contributed by atoms with Gasteiger partial charge in [-0.05, 0) is 24.3 Å². The second-order valence-corrected chi connectivity index (χ2v) is 3.17. The quantitative estimate of drug-likeness (QED) is 0.594. The summed E-state index contributed by atoms with van der Waals surface area (Å²) < 4.78 is 1.96. The summed E-state index contributed by atoms with van der Waals surface area (Å²) in [6, 6.07) is 8.11. The van der Waals surface area contributed by atoms with E-state index >= 15 is 0 Å². The Hall–Kier alpha value is -1.42. The molecule has 1 N–H and O–H groups in total. The Labute approximate surface area is 88.2 Å². The van der Waals surface area contributed by atoms with Crippen molar-refractivity contribution in [3.8, 4) is 5.69 Å². The molecule has 0 atom stereocenters. The van der Waals surface area contributed by atoms with Crippen molar-refractivity contribution in [3.05, 3.63) is 43.0 Å². The number of benzene rings is 1. The summed E-state index contributed by atoms with van der Waals surface area (Å²) in [6.45, 7) is 0. The van der Waals surface area contributed by atoms with Crippen LogP contribution in [0.1, 0.15) is 0 Å². The number of anilines is 1. The third-order valence-electron chi connectivity index (χ3n) is 1.95. The van der Waals surface area contributed by atoms with E-state index in [4.69, 9.17) is 0 Å². The topological polar surface area (TPSA) is 29.9 Å². The zero-order valence-corrected chi connectivity index (χ0v) is 8.48. The molecular weight excluding hydrogens is 194 g/mol. The first-order valence-corrected chi connectivity index (χ1v) is 4.96. The molecule has 2 rings (SSSR count). The van der Waals surface area contributed by atoms with E-state index in [0.29, 0.717) is 5.88 Å². The van der Waals surface area contributed by atoms with E-state index in [1.54, 1.807) is 12.5 Å². The summed E-state index contributed by atoms with van der Waals surface area (Å²) in [4.78, 5) is 3.99. The van der Waals surface area contributed by atoms with E-state index in [1.165, 1.54) is 0 Å². The lowest BCUT2D eigenvalue weighted by atomic mass is 10.3. The number of rotatable bonds is 3. The Kier molecular flexibility index (Phi) is 2.74. The van der Waals surface area contributed by atoms with Gasteiger partial charge in [-0.1, -0.05) is 0 Å². The van der Waals surface area contributed by atoms with Crippen molar-refractivity contribution in [2.45, 2.75) is 0 Å². The zero-order chi connectivity index (χ0) is 9.80. The summed E-state index contributed by atoms with van der Waals surface area (Å²) in [5.74, 6) is 0.643. The summed E-state index contributed by atoms with van der Waals surface area (Å²) in [5, 5.41) is 3.12. The summed E-state index contributed by atoms with van der Waals surface area (Å²) in [6.07, 6.45) is 5.46. The van der Waals surface area contributed by atoms with Crippen LogP contribution < -0.4 is 5.32 Å². The molecule has 0 unspecified atom stereocenters. The lowest BCUT2D eigenvalue weighted by Crippen LogP contribution is -1.95. The molecule has 0 fully saturated rings. The van der Waals surface area contributed by atoms with Gasteiger partial charge in [-0.3, -0.25) is 0 Å². The summed E-state index contributed by atoms with van der Waals surface area (Å²) in [7, 11) is 0. The van der Waals surface area contributed by atoms with E-state index in [9.17, 15) is 0 Å². The lowest BCUT2D eigenvalue weighted by molar-refractivity contribution is 1.06. The van der Waals surface area contributed by atoms with Gasteiger partial charge in [-0.25, -0.2) is 4.98 Å². The van der Waals surface area contributed by atoms with Crippen molar-refractivity contribution in [1.29, 1.82) is 0 Å². The molecule has 0 bridgehead atoms. The minimum Gasteiger partial charge on any atom is -0.376 e. The summed E-state index contributed by atoms with van der Waals surface area (Å²) in [5.41, 5.74) is 2.18. The molecule has 0 aliphatic heterocycles. The van der Waals surface area contributed by atoms with Gasteiger partial charge in [0.15, 0.2) is 0 Å². The highest BCUT2D eigenvalue weighted by Crippen LogP contribution is 2.12. The van der Waals surface area contributed by atoms with Gasteiger partial charge < -0.3 is 9.88 Å². The van der Waals surface area contributed by atoms with E-state index in [0.717, 1.165) is 11.4 Å². The number of hydrogen-bond donors (Lipinski definition) is 2. The maximum atomic E-state index is 4.09. The molecule has 4 heteroatoms. The Morgan fingerprint density at radius 3 is 2.64 bits per heavy atom. The summed E-state index contributed by atoms with van der Waals surface area (Å²) >= 11 is 4.09. The first-order chi connectivity index (χ1) is 6.90. The number of nitrogens with one attached hydrogen (secondary N) is 1. The minimum atomic E-state index is 0.643. The second kappa shape index (κ2) is 4.19. The molecule has 2 aromatic rings. The van der Waals surface area contributed by atoms with Crippen molar-refractivity contribution in [3.63, 3.8) is 0 Å². The van der Waals surface area contributed by atoms with Crippen LogP contribution in [0.4, 0.5) is 5.69 Å². The Balaban J connectivity index is 2.22. The number of imidazole rings is 1. The van der Waals surface area contributed by atoms with Crippen LogP contribution in [0, 0.1) is 0 Å². The van der Waals surface area contributed by atoms with E-state index < -0.39 is 0 Å². The van der Waals surface area contributed by atoms with Crippen LogP contribution >= 0.6 is 12.6 Å². The minimum absolute atomic E-state index is 0.643. The first kappa shape index (κ1) is 9.15. The van der Waals surface area contributed by atoms with Crippen molar-refractivity contribution in [1.82, 2.24) is 9.55 Å². The van der Waals surface area contributed by atoms with E-state index in [-0.39, 0.29) is 0 Å². The van der Waals surface area contributed by atoms with Crippen molar-refractivity contribution < 1.29 is 0 Å². The van der Waals surface area contributed by atoms with Gasteiger partial charge in [-0.15, -0.1) is 0 Å². The standard InChI is InChI=1S/C10H11N3S/c14-8-12-9-1-3-10(4-2-9)13-6-5-11-7-13/h1-7,12,14H,8H2. The Morgan fingerprint density at radius 2 is 2.07 bits per heavy atom. The highest BCUT2D eigenvalue weighted by Gasteiger charge is 1.94. The van der Waals surface area contributed by atoms with Crippen LogP contribution in [0.5, 0.6) is 0 Å². The van der Waals surface area contributed by atoms with E-state index in [2.05, 4.69) is 22.9 Å². The third-order valence-corrected chi connectivity index (χ3v) is 2.11. The molecular formula is C10H11N3S. The predicted molar refractivity (Wildman–Crippen MR) is 61.0 cm³/mol. The largest absolute Gasteiger partial charge is 0.376 e. The number of nitrogens with zero attached hydrogens (tertiary/aromatic N) is 2. The van der Waals surface area contributed by atoms with Crippen LogP contribution in [-0.4, -0.2) is 15.4 Å². The van der Waals surface area contributed by atoms with Gasteiger partial charge in [0.05, 0.1) is 12.2 Å². The molecule has 72 valence electrons. The van der Waals surface area contributed by atoms with Crippen LogP contribution in [-0.2, 0) is 0 Å². The molecule has 3 nitrogen and oxygen atoms in total. The van der Waals surface area contributed by atoms with Gasteiger partial charge in [0.2, 0.25) is 0 Å². The number of thiol groups is 1. The lowest BCUT2D eigenvalue weighted by Gasteiger charge is -2.05. The molecule has 1 aromatic carbocycles. The fourth-order valence-corrected chi connectivity index (χ4v) is 1.44. The van der Waals surface area contributed by atoms with Crippen molar-refractivity contribution in [2.24, 2.45) is 0 Å². The predicted octanol–water partition coefficient (Wildman–Crippen LogP) is 2.17. The Bertz CT molecular complexity index is 380. The van der Waals surface area contributed by atoms with Gasteiger partial charge in [0.1, 0.15) is 0 Å². The highest BCUT2D eigenvalue weighted by molar-refractivity contribution is 7.80. The molecule has 1 aromatic heterocycles. The molecule has 1 heterocycles. The number of hydrogen-bond acceptors (Lipinski definition) is 3. The van der Waals surface area contributed by atoms with Crippen LogP contribution in [0.15, 0.2) is 43.0 Å². The second-order valence-electron chi connectivity index (χ2n) is 2.85. The average Bonchev–Trinajstić information content (AvgIpc) is 2.72. The van der Waals surface area contributed by atoms with Crippen LogP contribution in [0.3, 0.4) is 0 Å². The molecule has 0 spiro atoms. The highest BCUT2D eigenvalue weighted by atomic mass is 32.1. The van der Waals surface area contributed by atoms with Gasteiger partial charge in [-0.2, -0.15) is 12.6 Å². The molecule has 0 saturated heterocycles. The normalized spacial score (nSPS) is 10.1. The molecule has 0 amide bonds. The monoisotopic (exact) mass is 205 g/mol.